The number of aromatic nitrogens is 3. The molecule has 10 rings (SSSR count). The van der Waals surface area contributed by atoms with Crippen LogP contribution in [0.5, 0.6) is 11.5 Å². The van der Waals surface area contributed by atoms with Crippen LogP contribution in [0, 0.1) is 11.8 Å². The Hall–Kier alpha value is -5.87. The van der Waals surface area contributed by atoms with Crippen LogP contribution in [0.2, 0.25) is 0 Å². The van der Waals surface area contributed by atoms with Crippen molar-refractivity contribution in [3.05, 3.63) is 174 Å². The Morgan fingerprint density at radius 3 is 1.72 bits per heavy atom. The van der Waals surface area contributed by atoms with E-state index < -0.39 is 5.41 Å². The molecule has 0 amide bonds. The van der Waals surface area contributed by atoms with Crippen LogP contribution < -0.4 is 4.74 Å². The van der Waals surface area contributed by atoms with E-state index in [1.807, 2.05) is 6.07 Å². The molecule has 2 unspecified atom stereocenters. The number of rotatable bonds is 4. The molecule has 1 aliphatic heterocycles. The Morgan fingerprint density at radius 1 is 0.481 bits per heavy atom. The van der Waals surface area contributed by atoms with Gasteiger partial charge in [-0.2, -0.15) is 0 Å². The Kier molecular flexibility index (Phi) is 7.66. The Labute approximate surface area is 318 Å². The van der Waals surface area contributed by atoms with Gasteiger partial charge in [0.25, 0.3) is 0 Å². The van der Waals surface area contributed by atoms with E-state index in [0.717, 1.165) is 69.6 Å². The van der Waals surface area contributed by atoms with Crippen molar-refractivity contribution in [2.75, 3.05) is 0 Å². The SMILES string of the molecule is CC1CC[C@@H](C)CC(C)(c2nc(-c3ccccc3)nc(-c3cccc(-c4ccc5c(c4)C4(c6ccccc6O5)c5ccccc5-c5ccccc54)c3)n2)C1. The van der Waals surface area contributed by atoms with E-state index in [1.165, 1.54) is 40.7 Å². The molecule has 1 aromatic heterocycles. The van der Waals surface area contributed by atoms with E-state index in [9.17, 15) is 0 Å². The molecule has 264 valence electrons. The second-order valence-electron chi connectivity index (χ2n) is 16.2. The van der Waals surface area contributed by atoms with Gasteiger partial charge in [-0.3, -0.25) is 0 Å². The molecule has 2 aliphatic carbocycles. The summed E-state index contributed by atoms with van der Waals surface area (Å²) in [6.07, 6.45) is 4.64. The molecule has 4 heteroatoms. The van der Waals surface area contributed by atoms with Crippen molar-refractivity contribution in [3.63, 3.8) is 0 Å². The van der Waals surface area contributed by atoms with Crippen LogP contribution in [0.25, 0.3) is 45.0 Å². The van der Waals surface area contributed by atoms with Gasteiger partial charge in [0, 0.05) is 27.7 Å². The number of para-hydroxylation sites is 1. The van der Waals surface area contributed by atoms with E-state index in [1.54, 1.807) is 0 Å². The Balaban J connectivity index is 1.13. The summed E-state index contributed by atoms with van der Waals surface area (Å²) >= 11 is 0. The lowest BCUT2D eigenvalue weighted by Crippen LogP contribution is -2.32. The molecule has 1 spiro atoms. The maximum atomic E-state index is 6.71. The highest BCUT2D eigenvalue weighted by molar-refractivity contribution is 5.89. The minimum Gasteiger partial charge on any atom is -0.457 e. The van der Waals surface area contributed by atoms with E-state index in [2.05, 4.69) is 160 Å². The summed E-state index contributed by atoms with van der Waals surface area (Å²) in [6.45, 7) is 7.14. The van der Waals surface area contributed by atoms with Gasteiger partial charge in [-0.1, -0.05) is 155 Å². The van der Waals surface area contributed by atoms with Gasteiger partial charge in [0.15, 0.2) is 11.6 Å². The minimum absolute atomic E-state index is 0.134. The topological polar surface area (TPSA) is 47.9 Å². The molecule has 7 aromatic rings. The molecule has 0 saturated heterocycles. The maximum absolute atomic E-state index is 6.71. The second kappa shape index (κ2) is 12.6. The van der Waals surface area contributed by atoms with Crippen molar-refractivity contribution in [2.45, 2.75) is 57.3 Å². The van der Waals surface area contributed by atoms with Gasteiger partial charge < -0.3 is 4.74 Å². The largest absolute Gasteiger partial charge is 0.457 e. The molecular formula is C50H43N3O. The van der Waals surface area contributed by atoms with Crippen LogP contribution in [0.4, 0.5) is 0 Å². The number of nitrogens with zero attached hydrogens (tertiary/aromatic N) is 3. The van der Waals surface area contributed by atoms with Crippen LogP contribution in [0.1, 0.15) is 74.5 Å². The zero-order chi connectivity index (χ0) is 36.4. The van der Waals surface area contributed by atoms with E-state index in [0.29, 0.717) is 11.8 Å². The number of benzene rings is 6. The summed E-state index contributed by atoms with van der Waals surface area (Å²) < 4.78 is 6.71. The van der Waals surface area contributed by atoms with Gasteiger partial charge in [-0.15, -0.1) is 0 Å². The van der Waals surface area contributed by atoms with Gasteiger partial charge in [-0.05, 0) is 82.3 Å². The van der Waals surface area contributed by atoms with E-state index >= 15 is 0 Å². The van der Waals surface area contributed by atoms with Gasteiger partial charge >= 0.3 is 0 Å². The first-order chi connectivity index (χ1) is 26.4. The molecule has 54 heavy (non-hydrogen) atoms. The fraction of sp³-hybridized carbons (Fsp3) is 0.220. The lowest BCUT2D eigenvalue weighted by molar-refractivity contribution is 0.316. The van der Waals surface area contributed by atoms with E-state index in [4.69, 9.17) is 19.7 Å². The Morgan fingerprint density at radius 2 is 1.02 bits per heavy atom. The first-order valence-corrected chi connectivity index (χ1v) is 19.4. The number of hydrogen-bond acceptors (Lipinski definition) is 4. The second-order valence-corrected chi connectivity index (χ2v) is 16.2. The zero-order valence-electron chi connectivity index (χ0n) is 31.1. The highest BCUT2D eigenvalue weighted by Gasteiger charge is 2.51. The monoisotopic (exact) mass is 701 g/mol. The molecule has 0 bridgehead atoms. The van der Waals surface area contributed by atoms with E-state index in [-0.39, 0.29) is 5.41 Å². The van der Waals surface area contributed by atoms with Crippen molar-refractivity contribution in [3.8, 4) is 56.5 Å². The highest BCUT2D eigenvalue weighted by atomic mass is 16.5. The zero-order valence-corrected chi connectivity index (χ0v) is 31.1. The molecule has 1 saturated carbocycles. The van der Waals surface area contributed by atoms with Crippen molar-refractivity contribution in [1.29, 1.82) is 0 Å². The molecule has 3 atom stereocenters. The lowest BCUT2D eigenvalue weighted by Gasteiger charge is -2.39. The average molecular weight is 702 g/mol. The molecule has 1 fully saturated rings. The highest BCUT2D eigenvalue weighted by Crippen LogP contribution is 2.62. The predicted molar refractivity (Wildman–Crippen MR) is 218 cm³/mol. The van der Waals surface area contributed by atoms with Crippen LogP contribution in [-0.4, -0.2) is 15.0 Å². The fourth-order valence-electron chi connectivity index (χ4n) is 9.94. The van der Waals surface area contributed by atoms with Crippen LogP contribution >= 0.6 is 0 Å². The smallest absolute Gasteiger partial charge is 0.163 e. The Bertz CT molecular complexity index is 2500. The molecule has 0 N–H and O–H groups in total. The van der Waals surface area contributed by atoms with Crippen molar-refractivity contribution < 1.29 is 4.74 Å². The van der Waals surface area contributed by atoms with Crippen LogP contribution in [0.15, 0.2) is 146 Å². The number of ether oxygens (including phenoxy) is 1. The normalized spacial score (nSPS) is 20.6. The summed E-state index contributed by atoms with van der Waals surface area (Å²) in [5, 5.41) is 0. The third-order valence-corrected chi connectivity index (χ3v) is 12.3. The molecule has 4 nitrogen and oxygen atoms in total. The predicted octanol–water partition coefficient (Wildman–Crippen LogP) is 12.4. The molecular weight excluding hydrogens is 659 g/mol. The number of fused-ring (bicyclic) bond motifs is 9. The van der Waals surface area contributed by atoms with Gasteiger partial charge in [0.05, 0.1) is 5.41 Å². The van der Waals surface area contributed by atoms with Gasteiger partial charge in [0.2, 0.25) is 0 Å². The van der Waals surface area contributed by atoms with Crippen molar-refractivity contribution in [2.24, 2.45) is 11.8 Å². The quantitative estimate of drug-likeness (QED) is 0.171. The molecule has 3 aliphatic rings. The summed E-state index contributed by atoms with van der Waals surface area (Å²) in [6, 6.07) is 52.1. The summed E-state index contributed by atoms with van der Waals surface area (Å²) in [5.41, 5.74) is 11.0. The van der Waals surface area contributed by atoms with Crippen LogP contribution in [-0.2, 0) is 10.8 Å². The average Bonchev–Trinajstić information content (AvgIpc) is 3.42. The molecule has 2 heterocycles. The molecule has 0 radical (unpaired) electrons. The number of hydrogen-bond donors (Lipinski definition) is 0. The maximum Gasteiger partial charge on any atom is 0.163 e. The third kappa shape index (κ3) is 5.15. The first-order valence-electron chi connectivity index (χ1n) is 19.4. The van der Waals surface area contributed by atoms with Crippen molar-refractivity contribution >= 4 is 0 Å². The lowest BCUT2D eigenvalue weighted by atomic mass is 9.66. The summed E-state index contributed by atoms with van der Waals surface area (Å²) in [5.74, 6) is 5.37. The van der Waals surface area contributed by atoms with Crippen molar-refractivity contribution in [1.82, 2.24) is 15.0 Å². The third-order valence-electron chi connectivity index (χ3n) is 12.3. The van der Waals surface area contributed by atoms with Crippen LogP contribution in [0.3, 0.4) is 0 Å². The van der Waals surface area contributed by atoms with Gasteiger partial charge in [0.1, 0.15) is 17.3 Å². The standard InChI is InChI=1S/C50H43N3O/c1-32-24-25-33(2)31-49(3,30-32)48-52-46(34-14-5-4-6-15-34)51-47(53-48)37-17-13-16-35(28-37)36-26-27-45-43(29-36)50(42-22-11-12-23-44(42)54-45)40-20-9-7-18-38(40)39-19-8-10-21-41(39)50/h4-23,26-29,32-33H,24-25,30-31H2,1-3H3/t32-,33?,49?/m1/s1. The minimum atomic E-state index is -0.513. The van der Waals surface area contributed by atoms with Gasteiger partial charge in [-0.25, -0.2) is 15.0 Å². The molecule has 6 aromatic carbocycles. The fourth-order valence-corrected chi connectivity index (χ4v) is 9.94. The summed E-state index contributed by atoms with van der Waals surface area (Å²) in [7, 11) is 0. The first kappa shape index (κ1) is 32.8. The summed E-state index contributed by atoms with van der Waals surface area (Å²) in [4.78, 5) is 15.7.